The SMILES string of the molecule is CC(c1cc(F)c(CN2[C@@H](C)CC[C@H](c3ccccc3)S2(=O)=O)cc1F)n1nc[nH]c1=O. The Balaban J connectivity index is 1.65. The first-order valence-corrected chi connectivity index (χ1v) is 11.9. The minimum Gasteiger partial charge on any atom is -0.295 e. The zero-order valence-electron chi connectivity index (χ0n) is 17.7. The van der Waals surface area contributed by atoms with E-state index in [-0.39, 0.29) is 23.7 Å². The molecule has 1 unspecified atom stereocenters. The summed E-state index contributed by atoms with van der Waals surface area (Å²) in [5.74, 6) is -1.47. The number of halogens is 2. The number of aromatic amines is 1. The number of hydrogen-bond donors (Lipinski definition) is 1. The van der Waals surface area contributed by atoms with Crippen molar-refractivity contribution in [1.29, 1.82) is 0 Å². The summed E-state index contributed by atoms with van der Waals surface area (Å²) < 4.78 is 58.9. The molecule has 32 heavy (non-hydrogen) atoms. The van der Waals surface area contributed by atoms with Gasteiger partial charge in [-0.1, -0.05) is 30.3 Å². The van der Waals surface area contributed by atoms with Gasteiger partial charge in [0.2, 0.25) is 10.0 Å². The summed E-state index contributed by atoms with van der Waals surface area (Å²) in [5, 5.41) is 3.09. The highest BCUT2D eigenvalue weighted by atomic mass is 32.2. The van der Waals surface area contributed by atoms with Crippen LogP contribution in [0.2, 0.25) is 0 Å². The minimum absolute atomic E-state index is 0.0443. The lowest BCUT2D eigenvalue weighted by Crippen LogP contribution is -2.44. The summed E-state index contributed by atoms with van der Waals surface area (Å²) in [7, 11) is -3.78. The average Bonchev–Trinajstić information content (AvgIpc) is 3.19. The fourth-order valence-electron chi connectivity index (χ4n) is 4.24. The van der Waals surface area contributed by atoms with E-state index in [9.17, 15) is 22.0 Å². The minimum atomic E-state index is -3.78. The Labute approximate surface area is 184 Å². The zero-order valence-corrected chi connectivity index (χ0v) is 18.5. The van der Waals surface area contributed by atoms with E-state index in [1.165, 1.54) is 17.6 Å². The van der Waals surface area contributed by atoms with E-state index in [1.807, 2.05) is 6.07 Å². The Kier molecular flexibility index (Phi) is 6.00. The molecule has 3 atom stereocenters. The smallest absolute Gasteiger partial charge is 0.295 e. The Bertz CT molecular complexity index is 1270. The van der Waals surface area contributed by atoms with Crippen molar-refractivity contribution in [2.75, 3.05) is 0 Å². The molecule has 1 N–H and O–H groups in total. The van der Waals surface area contributed by atoms with Crippen molar-refractivity contribution in [2.24, 2.45) is 0 Å². The highest BCUT2D eigenvalue weighted by molar-refractivity contribution is 7.89. The molecule has 3 aromatic rings. The molecule has 0 spiro atoms. The average molecular weight is 463 g/mol. The Hall–Kier alpha value is -2.85. The van der Waals surface area contributed by atoms with Crippen molar-refractivity contribution >= 4 is 10.0 Å². The molecule has 0 amide bonds. The number of hydrogen-bond acceptors (Lipinski definition) is 4. The molecule has 0 aliphatic carbocycles. The number of nitrogens with one attached hydrogen (secondary N) is 1. The predicted molar refractivity (Wildman–Crippen MR) is 115 cm³/mol. The molecule has 1 aromatic heterocycles. The topological polar surface area (TPSA) is 88.1 Å². The van der Waals surface area contributed by atoms with Crippen LogP contribution >= 0.6 is 0 Å². The van der Waals surface area contributed by atoms with E-state index in [1.54, 1.807) is 31.2 Å². The first-order valence-electron chi connectivity index (χ1n) is 10.4. The van der Waals surface area contributed by atoms with Gasteiger partial charge in [0.1, 0.15) is 23.2 Å². The van der Waals surface area contributed by atoms with E-state index in [0.29, 0.717) is 18.4 Å². The monoisotopic (exact) mass is 462 g/mol. The van der Waals surface area contributed by atoms with Crippen LogP contribution in [-0.2, 0) is 16.6 Å². The van der Waals surface area contributed by atoms with Crippen molar-refractivity contribution in [2.45, 2.75) is 50.6 Å². The van der Waals surface area contributed by atoms with Crippen LogP contribution in [0.1, 0.15) is 54.7 Å². The molecule has 10 heteroatoms. The zero-order chi connectivity index (χ0) is 23.0. The normalized spacial score (nSPS) is 22.0. The summed E-state index contributed by atoms with van der Waals surface area (Å²) >= 11 is 0. The third-order valence-corrected chi connectivity index (χ3v) is 8.45. The Morgan fingerprint density at radius 2 is 1.88 bits per heavy atom. The quantitative estimate of drug-likeness (QED) is 0.629. The third-order valence-electron chi connectivity index (χ3n) is 6.08. The van der Waals surface area contributed by atoms with Gasteiger partial charge >= 0.3 is 5.69 Å². The molecular formula is C22H24F2N4O3S. The number of benzene rings is 2. The second-order valence-electron chi connectivity index (χ2n) is 8.10. The molecule has 7 nitrogen and oxygen atoms in total. The molecule has 0 bridgehead atoms. The Morgan fingerprint density at radius 1 is 1.16 bits per heavy atom. The maximum atomic E-state index is 15.0. The summed E-state index contributed by atoms with van der Waals surface area (Å²) in [5.41, 5.74) is 0.0420. The van der Waals surface area contributed by atoms with Crippen LogP contribution in [0.3, 0.4) is 0 Å². The molecule has 2 heterocycles. The lowest BCUT2D eigenvalue weighted by Gasteiger charge is -2.37. The van der Waals surface area contributed by atoms with Crippen molar-refractivity contribution in [3.8, 4) is 0 Å². The molecule has 0 radical (unpaired) electrons. The van der Waals surface area contributed by atoms with Crippen LogP contribution in [0.25, 0.3) is 0 Å². The molecule has 1 fully saturated rings. The predicted octanol–water partition coefficient (Wildman–Crippen LogP) is 3.51. The van der Waals surface area contributed by atoms with E-state index in [0.717, 1.165) is 16.8 Å². The summed E-state index contributed by atoms with van der Waals surface area (Å²) in [4.78, 5) is 14.1. The maximum absolute atomic E-state index is 15.0. The summed E-state index contributed by atoms with van der Waals surface area (Å²) in [6.07, 6.45) is 2.25. The van der Waals surface area contributed by atoms with Crippen molar-refractivity contribution < 1.29 is 17.2 Å². The van der Waals surface area contributed by atoms with Crippen molar-refractivity contribution in [3.63, 3.8) is 0 Å². The van der Waals surface area contributed by atoms with Crippen LogP contribution in [0.5, 0.6) is 0 Å². The van der Waals surface area contributed by atoms with Crippen molar-refractivity contribution in [1.82, 2.24) is 19.1 Å². The van der Waals surface area contributed by atoms with Crippen LogP contribution in [0.4, 0.5) is 8.78 Å². The van der Waals surface area contributed by atoms with Gasteiger partial charge in [-0.25, -0.2) is 26.7 Å². The van der Waals surface area contributed by atoms with E-state index < -0.39 is 38.6 Å². The fraction of sp³-hybridized carbons (Fsp3) is 0.364. The highest BCUT2D eigenvalue weighted by Crippen LogP contribution is 2.38. The van der Waals surface area contributed by atoms with Gasteiger partial charge in [0.15, 0.2) is 0 Å². The Morgan fingerprint density at radius 3 is 2.53 bits per heavy atom. The number of rotatable bonds is 5. The number of H-pyrrole nitrogens is 1. The second-order valence-corrected chi connectivity index (χ2v) is 10.2. The molecule has 1 aliphatic rings. The van der Waals surface area contributed by atoms with Gasteiger partial charge in [0.25, 0.3) is 0 Å². The first kappa shape index (κ1) is 22.3. The molecule has 1 saturated heterocycles. The fourth-order valence-corrected chi connectivity index (χ4v) is 6.42. The van der Waals surface area contributed by atoms with Crippen LogP contribution < -0.4 is 5.69 Å². The number of sulfonamides is 1. The summed E-state index contributed by atoms with van der Waals surface area (Å²) in [6, 6.07) is 9.75. The van der Waals surface area contributed by atoms with Gasteiger partial charge in [0.05, 0.1) is 6.04 Å². The second kappa shape index (κ2) is 8.59. The van der Waals surface area contributed by atoms with Crippen LogP contribution in [0, 0.1) is 11.6 Å². The number of aromatic nitrogens is 3. The van der Waals surface area contributed by atoms with Gasteiger partial charge in [0, 0.05) is 23.7 Å². The van der Waals surface area contributed by atoms with Crippen LogP contribution in [0.15, 0.2) is 53.6 Å². The molecular weight excluding hydrogens is 438 g/mol. The highest BCUT2D eigenvalue weighted by Gasteiger charge is 2.40. The van der Waals surface area contributed by atoms with E-state index in [4.69, 9.17) is 0 Å². The molecule has 170 valence electrons. The lowest BCUT2D eigenvalue weighted by molar-refractivity contribution is 0.278. The molecule has 4 rings (SSSR count). The van der Waals surface area contributed by atoms with E-state index in [2.05, 4.69) is 10.1 Å². The molecule has 0 saturated carbocycles. The maximum Gasteiger partial charge on any atom is 0.343 e. The lowest BCUT2D eigenvalue weighted by atomic mass is 10.0. The third kappa shape index (κ3) is 4.00. The van der Waals surface area contributed by atoms with Gasteiger partial charge in [-0.05, 0) is 44.4 Å². The first-order chi connectivity index (χ1) is 15.2. The van der Waals surface area contributed by atoms with Crippen molar-refractivity contribution in [3.05, 3.63) is 87.6 Å². The van der Waals surface area contributed by atoms with Gasteiger partial charge in [-0.2, -0.15) is 9.40 Å². The molecule has 1 aliphatic heterocycles. The number of nitrogens with zero attached hydrogens (tertiary/aromatic N) is 3. The molecule has 2 aromatic carbocycles. The van der Waals surface area contributed by atoms with E-state index >= 15 is 0 Å². The van der Waals surface area contributed by atoms with Gasteiger partial charge in [-0.3, -0.25) is 4.98 Å². The van der Waals surface area contributed by atoms with Gasteiger partial charge in [-0.15, -0.1) is 0 Å². The van der Waals surface area contributed by atoms with Crippen LogP contribution in [-0.4, -0.2) is 33.5 Å². The largest absolute Gasteiger partial charge is 0.343 e. The summed E-state index contributed by atoms with van der Waals surface area (Å²) in [6.45, 7) is 3.03. The standard InChI is InChI=1S/C22H24F2N4O3S/c1-14-8-9-21(16-6-4-3-5-7-16)32(30,31)27(14)12-17-10-20(24)18(11-19(17)23)15(2)28-22(29)25-13-26-28/h3-7,10-11,13-15,21H,8-9,12H2,1-2H3,(H,25,26,29)/t14-,15?,21+/m0/s1. The van der Waals surface area contributed by atoms with Gasteiger partial charge < -0.3 is 0 Å².